The molecule has 0 bridgehead atoms. The third kappa shape index (κ3) is 2.13. The molecule has 1 aliphatic rings. The van der Waals surface area contributed by atoms with Gasteiger partial charge in [-0.3, -0.25) is 0 Å². The second-order valence-corrected chi connectivity index (χ2v) is 5.23. The van der Waals surface area contributed by atoms with Crippen LogP contribution in [0.3, 0.4) is 0 Å². The van der Waals surface area contributed by atoms with Gasteiger partial charge in [0.25, 0.3) is 0 Å². The highest BCUT2D eigenvalue weighted by Gasteiger charge is 2.40. The van der Waals surface area contributed by atoms with Crippen molar-refractivity contribution in [2.75, 3.05) is 26.9 Å². The maximum absolute atomic E-state index is 5.65. The summed E-state index contributed by atoms with van der Waals surface area (Å²) in [5.74, 6) is 0.963. The fourth-order valence-corrected chi connectivity index (χ4v) is 2.81. The quantitative estimate of drug-likeness (QED) is 0.871. The molecule has 0 aliphatic carbocycles. The third-order valence-electron chi connectivity index (χ3n) is 4.14. The van der Waals surface area contributed by atoms with E-state index in [0.717, 1.165) is 38.3 Å². The lowest BCUT2D eigenvalue weighted by molar-refractivity contribution is -0.0652. The van der Waals surface area contributed by atoms with E-state index in [9.17, 15) is 0 Å². The molecule has 0 atom stereocenters. The van der Waals surface area contributed by atoms with Gasteiger partial charge in [-0.1, -0.05) is 6.07 Å². The van der Waals surface area contributed by atoms with Crippen LogP contribution < -0.4 is 10.5 Å². The Morgan fingerprint density at radius 2 is 2.00 bits per heavy atom. The Morgan fingerprint density at radius 3 is 2.50 bits per heavy atom. The monoisotopic (exact) mass is 249 g/mol. The largest absolute Gasteiger partial charge is 0.496 e. The fourth-order valence-electron chi connectivity index (χ4n) is 2.81. The normalized spacial score (nSPS) is 17.3. The number of rotatable bonds is 5. The van der Waals surface area contributed by atoms with Crippen LogP contribution in [0.4, 0.5) is 0 Å². The molecule has 1 heterocycles. The van der Waals surface area contributed by atoms with Crippen LogP contribution in [0.2, 0.25) is 0 Å². The molecule has 0 amide bonds. The van der Waals surface area contributed by atoms with Crippen molar-refractivity contribution >= 4 is 0 Å². The zero-order valence-electron chi connectivity index (χ0n) is 11.6. The van der Waals surface area contributed by atoms with Crippen LogP contribution >= 0.6 is 0 Å². The number of benzene rings is 1. The number of hydrogen-bond donors (Lipinski definition) is 1. The molecule has 0 unspecified atom stereocenters. The first kappa shape index (κ1) is 13.4. The maximum Gasteiger partial charge on any atom is 0.122 e. The lowest BCUT2D eigenvalue weighted by atomic mass is 9.72. The molecule has 0 spiro atoms. The second kappa shape index (κ2) is 5.29. The fraction of sp³-hybridized carbons (Fsp3) is 0.600. The summed E-state index contributed by atoms with van der Waals surface area (Å²) in [5.41, 5.74) is 9.79. The molecule has 1 aromatic rings. The molecule has 100 valence electrons. The highest BCUT2D eigenvalue weighted by molar-refractivity contribution is 5.47. The van der Waals surface area contributed by atoms with Crippen molar-refractivity contribution in [2.24, 2.45) is 5.73 Å². The molecule has 2 N–H and O–H groups in total. The average Bonchev–Trinajstić information content (AvgIpc) is 2.33. The van der Waals surface area contributed by atoms with E-state index in [1.807, 2.05) is 0 Å². The lowest BCUT2D eigenvalue weighted by Crippen LogP contribution is -2.47. The van der Waals surface area contributed by atoms with Crippen molar-refractivity contribution in [3.05, 3.63) is 28.8 Å². The van der Waals surface area contributed by atoms with E-state index >= 15 is 0 Å². The minimum atomic E-state index is 0.181. The van der Waals surface area contributed by atoms with E-state index < -0.39 is 0 Å². The Labute approximate surface area is 109 Å². The molecule has 3 nitrogen and oxygen atoms in total. The van der Waals surface area contributed by atoms with Crippen molar-refractivity contribution in [1.82, 2.24) is 0 Å². The Hall–Kier alpha value is -1.06. The van der Waals surface area contributed by atoms with Crippen LogP contribution in [0.25, 0.3) is 0 Å². The molecular formula is C15H23NO2. The van der Waals surface area contributed by atoms with Gasteiger partial charge in [-0.25, -0.2) is 0 Å². The van der Waals surface area contributed by atoms with E-state index in [4.69, 9.17) is 15.2 Å². The van der Waals surface area contributed by atoms with Crippen LogP contribution in [-0.4, -0.2) is 26.9 Å². The number of hydrogen-bond acceptors (Lipinski definition) is 3. The molecule has 1 fully saturated rings. The first-order chi connectivity index (χ1) is 8.64. The molecule has 0 saturated carbocycles. The lowest BCUT2D eigenvalue weighted by Gasteiger charge is -2.43. The summed E-state index contributed by atoms with van der Waals surface area (Å²) in [5, 5.41) is 0. The number of methoxy groups -OCH3 is 1. The Kier molecular flexibility index (Phi) is 3.93. The molecular weight excluding hydrogens is 226 g/mol. The minimum absolute atomic E-state index is 0.181. The zero-order valence-corrected chi connectivity index (χ0v) is 11.6. The molecule has 18 heavy (non-hydrogen) atoms. The van der Waals surface area contributed by atoms with Gasteiger partial charge in [0.1, 0.15) is 5.75 Å². The number of ether oxygens (including phenoxy) is 2. The topological polar surface area (TPSA) is 44.5 Å². The van der Waals surface area contributed by atoms with Crippen molar-refractivity contribution in [3.8, 4) is 5.75 Å². The van der Waals surface area contributed by atoms with Crippen LogP contribution in [-0.2, 0) is 10.2 Å². The van der Waals surface area contributed by atoms with Crippen LogP contribution in [0.1, 0.15) is 29.5 Å². The van der Waals surface area contributed by atoms with Gasteiger partial charge in [-0.05, 0) is 56.0 Å². The van der Waals surface area contributed by atoms with Gasteiger partial charge in [0.05, 0.1) is 20.3 Å². The summed E-state index contributed by atoms with van der Waals surface area (Å²) in [6.45, 7) is 6.68. The summed E-state index contributed by atoms with van der Waals surface area (Å²) in [4.78, 5) is 0. The van der Waals surface area contributed by atoms with E-state index in [-0.39, 0.29) is 5.41 Å². The summed E-state index contributed by atoms with van der Waals surface area (Å²) >= 11 is 0. The van der Waals surface area contributed by atoms with Crippen molar-refractivity contribution < 1.29 is 9.47 Å². The van der Waals surface area contributed by atoms with Gasteiger partial charge < -0.3 is 15.2 Å². The van der Waals surface area contributed by atoms with E-state index in [0.29, 0.717) is 0 Å². The first-order valence-corrected chi connectivity index (χ1v) is 6.57. The standard InChI is InChI=1S/C15H23NO2/c1-11-12(2)14(17-3)6-5-13(11)15(7-4-8-16)9-18-10-15/h5-6H,4,7-10,16H2,1-3H3. The molecule has 0 radical (unpaired) electrons. The summed E-state index contributed by atoms with van der Waals surface area (Å²) in [6, 6.07) is 4.26. The maximum atomic E-state index is 5.65. The predicted molar refractivity (Wildman–Crippen MR) is 73.3 cm³/mol. The molecule has 3 heteroatoms. The number of nitrogens with two attached hydrogens (primary N) is 1. The van der Waals surface area contributed by atoms with Crippen molar-refractivity contribution in [3.63, 3.8) is 0 Å². The Balaban J connectivity index is 2.34. The van der Waals surface area contributed by atoms with Gasteiger partial charge in [0.15, 0.2) is 0 Å². The smallest absolute Gasteiger partial charge is 0.122 e. The van der Waals surface area contributed by atoms with Gasteiger partial charge in [-0.2, -0.15) is 0 Å². The van der Waals surface area contributed by atoms with Crippen molar-refractivity contribution in [1.29, 1.82) is 0 Å². The van der Waals surface area contributed by atoms with Gasteiger partial charge in [0.2, 0.25) is 0 Å². The highest BCUT2D eigenvalue weighted by atomic mass is 16.5. The van der Waals surface area contributed by atoms with Crippen LogP contribution in [0.15, 0.2) is 12.1 Å². The van der Waals surface area contributed by atoms with E-state index in [1.165, 1.54) is 16.7 Å². The van der Waals surface area contributed by atoms with Crippen LogP contribution in [0.5, 0.6) is 5.75 Å². The molecule has 1 aromatic carbocycles. The molecule has 1 saturated heterocycles. The Morgan fingerprint density at radius 1 is 1.28 bits per heavy atom. The average molecular weight is 249 g/mol. The first-order valence-electron chi connectivity index (χ1n) is 6.57. The predicted octanol–water partition coefficient (Wildman–Crippen LogP) is 2.32. The highest BCUT2D eigenvalue weighted by Crippen LogP contribution is 2.40. The molecule has 1 aliphatic heterocycles. The molecule has 2 rings (SSSR count). The third-order valence-corrected chi connectivity index (χ3v) is 4.14. The zero-order chi connectivity index (χ0) is 13.2. The van der Waals surface area contributed by atoms with E-state index in [2.05, 4.69) is 26.0 Å². The SMILES string of the molecule is COc1ccc(C2(CCCN)COC2)c(C)c1C. The molecule has 0 aromatic heterocycles. The van der Waals surface area contributed by atoms with Crippen LogP contribution in [0, 0.1) is 13.8 Å². The van der Waals surface area contributed by atoms with Gasteiger partial charge >= 0.3 is 0 Å². The minimum Gasteiger partial charge on any atom is -0.496 e. The van der Waals surface area contributed by atoms with E-state index in [1.54, 1.807) is 7.11 Å². The van der Waals surface area contributed by atoms with Gasteiger partial charge in [-0.15, -0.1) is 0 Å². The summed E-state index contributed by atoms with van der Waals surface area (Å²) < 4.78 is 10.8. The second-order valence-electron chi connectivity index (χ2n) is 5.23. The summed E-state index contributed by atoms with van der Waals surface area (Å²) in [7, 11) is 1.72. The summed E-state index contributed by atoms with van der Waals surface area (Å²) in [6.07, 6.45) is 2.16. The Bertz CT molecular complexity index is 425. The van der Waals surface area contributed by atoms with Crippen molar-refractivity contribution in [2.45, 2.75) is 32.1 Å². The van der Waals surface area contributed by atoms with Gasteiger partial charge in [0, 0.05) is 5.41 Å².